The number of sulfonamides is 1. The highest BCUT2D eigenvalue weighted by Gasteiger charge is 2.33. The molecular formula is C21H22F2N4O4S. The van der Waals surface area contributed by atoms with Crippen LogP contribution in [0.2, 0.25) is 0 Å². The van der Waals surface area contributed by atoms with Crippen molar-refractivity contribution < 1.29 is 26.5 Å². The van der Waals surface area contributed by atoms with E-state index in [4.69, 9.17) is 9.26 Å². The zero-order chi connectivity index (χ0) is 22.7. The third-order valence-electron chi connectivity index (χ3n) is 5.10. The highest BCUT2D eigenvalue weighted by atomic mass is 32.2. The van der Waals surface area contributed by atoms with Gasteiger partial charge in [0.1, 0.15) is 17.4 Å². The molecule has 32 heavy (non-hydrogen) atoms. The van der Waals surface area contributed by atoms with Gasteiger partial charge in [0.25, 0.3) is 0 Å². The quantitative estimate of drug-likeness (QED) is 0.531. The SMILES string of the molecule is CCOc1ccccc1-c1noc(CN2CCN(S(=O)(=O)c3c(F)cccc3F)CC2)n1. The molecule has 2 aromatic carbocycles. The highest BCUT2D eigenvalue weighted by molar-refractivity contribution is 7.89. The molecule has 170 valence electrons. The molecule has 0 spiro atoms. The van der Waals surface area contributed by atoms with Crippen LogP contribution < -0.4 is 4.74 Å². The number of benzene rings is 2. The Kier molecular flexibility index (Phi) is 6.49. The first kappa shape index (κ1) is 22.3. The molecular weight excluding hydrogens is 442 g/mol. The number of piperazine rings is 1. The summed E-state index contributed by atoms with van der Waals surface area (Å²) in [6.45, 7) is 3.59. The van der Waals surface area contributed by atoms with Crippen LogP contribution in [0.25, 0.3) is 11.4 Å². The number of hydrogen-bond acceptors (Lipinski definition) is 7. The summed E-state index contributed by atoms with van der Waals surface area (Å²) >= 11 is 0. The first-order valence-corrected chi connectivity index (χ1v) is 11.6. The molecule has 4 rings (SSSR count). The minimum absolute atomic E-state index is 0.0876. The standard InChI is InChI=1S/C21H22F2N4O4S/c1-2-30-18-9-4-3-6-15(18)21-24-19(31-25-21)14-26-10-12-27(13-11-26)32(28,29)20-16(22)7-5-8-17(20)23/h3-9H,2,10-14H2,1H3. The lowest BCUT2D eigenvalue weighted by atomic mass is 10.2. The Morgan fingerprint density at radius 2 is 1.72 bits per heavy atom. The molecule has 0 bridgehead atoms. The molecule has 1 aliphatic rings. The summed E-state index contributed by atoms with van der Waals surface area (Å²) in [5.41, 5.74) is 0.715. The zero-order valence-corrected chi connectivity index (χ0v) is 18.2. The number of hydrogen-bond donors (Lipinski definition) is 0. The topological polar surface area (TPSA) is 88.8 Å². The monoisotopic (exact) mass is 464 g/mol. The fourth-order valence-corrected chi connectivity index (χ4v) is 5.07. The Labute approximate surface area is 184 Å². The van der Waals surface area contributed by atoms with Crippen LogP contribution in [0.3, 0.4) is 0 Å². The van der Waals surface area contributed by atoms with Gasteiger partial charge in [0, 0.05) is 26.2 Å². The highest BCUT2D eigenvalue weighted by Crippen LogP contribution is 2.28. The van der Waals surface area contributed by atoms with Gasteiger partial charge >= 0.3 is 0 Å². The van der Waals surface area contributed by atoms with Crippen molar-refractivity contribution in [3.63, 3.8) is 0 Å². The second-order valence-electron chi connectivity index (χ2n) is 7.17. The molecule has 3 aromatic rings. The fourth-order valence-electron chi connectivity index (χ4n) is 3.54. The van der Waals surface area contributed by atoms with E-state index in [-0.39, 0.29) is 13.1 Å². The largest absolute Gasteiger partial charge is 0.493 e. The van der Waals surface area contributed by atoms with E-state index in [0.717, 1.165) is 22.5 Å². The van der Waals surface area contributed by atoms with Crippen molar-refractivity contribution in [1.82, 2.24) is 19.3 Å². The van der Waals surface area contributed by atoms with E-state index in [0.29, 0.717) is 49.3 Å². The van der Waals surface area contributed by atoms with Gasteiger partial charge in [0.2, 0.25) is 21.7 Å². The van der Waals surface area contributed by atoms with E-state index >= 15 is 0 Å². The first-order chi connectivity index (χ1) is 15.4. The second-order valence-corrected chi connectivity index (χ2v) is 9.05. The van der Waals surface area contributed by atoms with E-state index in [9.17, 15) is 17.2 Å². The summed E-state index contributed by atoms with van der Waals surface area (Å²) in [5.74, 6) is -0.763. The normalized spacial score (nSPS) is 15.7. The lowest BCUT2D eigenvalue weighted by Gasteiger charge is -2.33. The van der Waals surface area contributed by atoms with Crippen molar-refractivity contribution >= 4 is 10.0 Å². The molecule has 0 unspecified atom stereocenters. The number of ether oxygens (including phenoxy) is 1. The molecule has 1 saturated heterocycles. The maximum Gasteiger partial charge on any atom is 0.249 e. The summed E-state index contributed by atoms with van der Waals surface area (Å²) in [6, 6.07) is 10.4. The van der Waals surface area contributed by atoms with Crippen molar-refractivity contribution in [2.75, 3.05) is 32.8 Å². The Balaban J connectivity index is 1.41. The van der Waals surface area contributed by atoms with Gasteiger partial charge in [0.15, 0.2) is 4.90 Å². The van der Waals surface area contributed by atoms with Crippen molar-refractivity contribution in [3.8, 4) is 17.1 Å². The van der Waals surface area contributed by atoms with Crippen molar-refractivity contribution in [1.29, 1.82) is 0 Å². The molecule has 0 atom stereocenters. The average Bonchev–Trinajstić information content (AvgIpc) is 3.23. The van der Waals surface area contributed by atoms with Gasteiger partial charge in [-0.05, 0) is 31.2 Å². The lowest BCUT2D eigenvalue weighted by Crippen LogP contribution is -2.48. The molecule has 0 N–H and O–H groups in total. The van der Waals surface area contributed by atoms with Gasteiger partial charge in [-0.2, -0.15) is 9.29 Å². The van der Waals surface area contributed by atoms with Crippen LogP contribution in [0.5, 0.6) is 5.75 Å². The predicted octanol–water partition coefficient (Wildman–Crippen LogP) is 2.92. The van der Waals surface area contributed by atoms with E-state index in [1.54, 1.807) is 0 Å². The molecule has 0 aliphatic carbocycles. The summed E-state index contributed by atoms with van der Waals surface area (Å²) in [4.78, 5) is 5.45. The zero-order valence-electron chi connectivity index (χ0n) is 17.4. The van der Waals surface area contributed by atoms with E-state index in [2.05, 4.69) is 10.1 Å². The van der Waals surface area contributed by atoms with Crippen LogP contribution in [0, 0.1) is 11.6 Å². The van der Waals surface area contributed by atoms with Gasteiger partial charge in [-0.15, -0.1) is 0 Å². The Morgan fingerprint density at radius 1 is 1.03 bits per heavy atom. The summed E-state index contributed by atoms with van der Waals surface area (Å²) in [7, 11) is -4.27. The number of nitrogens with zero attached hydrogens (tertiary/aromatic N) is 4. The number of halogens is 2. The van der Waals surface area contributed by atoms with Crippen molar-refractivity contribution in [3.05, 3.63) is 60.0 Å². The summed E-state index contributed by atoms with van der Waals surface area (Å²) < 4.78 is 65.5. The summed E-state index contributed by atoms with van der Waals surface area (Å²) in [5, 5.41) is 4.03. The maximum atomic E-state index is 14.0. The molecule has 0 radical (unpaired) electrons. The van der Waals surface area contributed by atoms with Crippen molar-refractivity contribution in [2.45, 2.75) is 18.4 Å². The molecule has 1 aromatic heterocycles. The molecule has 2 heterocycles. The Bertz CT molecular complexity index is 1170. The fraction of sp³-hybridized carbons (Fsp3) is 0.333. The second kappa shape index (κ2) is 9.31. The average molecular weight is 464 g/mol. The molecule has 1 fully saturated rings. The Morgan fingerprint density at radius 3 is 2.41 bits per heavy atom. The van der Waals surface area contributed by atoms with E-state index < -0.39 is 26.6 Å². The minimum Gasteiger partial charge on any atom is -0.493 e. The van der Waals surface area contributed by atoms with Crippen LogP contribution in [-0.2, 0) is 16.6 Å². The number of aromatic nitrogens is 2. The first-order valence-electron chi connectivity index (χ1n) is 10.1. The number of para-hydroxylation sites is 1. The smallest absolute Gasteiger partial charge is 0.249 e. The van der Waals surface area contributed by atoms with Crippen LogP contribution >= 0.6 is 0 Å². The van der Waals surface area contributed by atoms with Gasteiger partial charge < -0.3 is 9.26 Å². The van der Waals surface area contributed by atoms with Crippen LogP contribution in [0.4, 0.5) is 8.78 Å². The predicted molar refractivity (Wildman–Crippen MR) is 111 cm³/mol. The summed E-state index contributed by atoms with van der Waals surface area (Å²) in [6.07, 6.45) is 0. The Hall–Kier alpha value is -2.89. The molecule has 1 aliphatic heterocycles. The molecule has 0 saturated carbocycles. The third-order valence-corrected chi connectivity index (χ3v) is 7.05. The molecule has 0 amide bonds. The van der Waals surface area contributed by atoms with Gasteiger partial charge in [-0.3, -0.25) is 4.90 Å². The lowest BCUT2D eigenvalue weighted by molar-refractivity contribution is 0.163. The number of rotatable bonds is 7. The van der Waals surface area contributed by atoms with Gasteiger partial charge in [0.05, 0.1) is 18.7 Å². The minimum atomic E-state index is -4.27. The maximum absolute atomic E-state index is 14.0. The third kappa shape index (κ3) is 4.50. The van der Waals surface area contributed by atoms with Crippen LogP contribution in [0.1, 0.15) is 12.8 Å². The molecule has 8 nitrogen and oxygen atoms in total. The van der Waals surface area contributed by atoms with E-state index in [1.165, 1.54) is 0 Å². The van der Waals surface area contributed by atoms with Crippen molar-refractivity contribution in [2.24, 2.45) is 0 Å². The van der Waals surface area contributed by atoms with Crippen LogP contribution in [-0.4, -0.2) is 60.5 Å². The van der Waals surface area contributed by atoms with Crippen LogP contribution in [0.15, 0.2) is 51.9 Å². The van der Waals surface area contributed by atoms with Gasteiger partial charge in [-0.1, -0.05) is 23.4 Å². The van der Waals surface area contributed by atoms with Gasteiger partial charge in [-0.25, -0.2) is 17.2 Å². The van der Waals surface area contributed by atoms with E-state index in [1.807, 2.05) is 36.1 Å². The molecule has 11 heteroatoms.